The van der Waals surface area contributed by atoms with Gasteiger partial charge >= 0.3 is 0 Å². The van der Waals surface area contributed by atoms with E-state index >= 15 is 0 Å². The van der Waals surface area contributed by atoms with E-state index in [0.29, 0.717) is 23.8 Å². The van der Waals surface area contributed by atoms with Crippen LogP contribution in [0, 0.1) is 17.7 Å². The number of likely N-dealkylation sites (N-methyl/N-ethyl adjacent to an activating group) is 1. The Labute approximate surface area is 170 Å². The van der Waals surface area contributed by atoms with Crippen LogP contribution in [0.25, 0.3) is 0 Å². The van der Waals surface area contributed by atoms with Gasteiger partial charge in [0.25, 0.3) is 0 Å². The van der Waals surface area contributed by atoms with Gasteiger partial charge in [-0.2, -0.15) is 0 Å². The van der Waals surface area contributed by atoms with Crippen LogP contribution in [0.4, 0.5) is 4.39 Å². The Morgan fingerprint density at radius 1 is 1.11 bits per heavy atom. The molecule has 2 aliphatic rings. The lowest BCUT2D eigenvalue weighted by molar-refractivity contribution is -0.138. The molecule has 156 valence electrons. The summed E-state index contributed by atoms with van der Waals surface area (Å²) in [6.45, 7) is 8.50. The highest BCUT2D eigenvalue weighted by atomic mass is 19.1. The molecule has 0 N–H and O–H groups in total. The summed E-state index contributed by atoms with van der Waals surface area (Å²) in [4.78, 5) is 17.5. The number of likely N-dealkylation sites (tertiary alicyclic amines) is 1. The molecular formula is C24H37FN2O. The van der Waals surface area contributed by atoms with E-state index in [4.69, 9.17) is 0 Å². The van der Waals surface area contributed by atoms with Crippen LogP contribution in [-0.4, -0.2) is 47.9 Å². The third kappa shape index (κ3) is 5.79. The molecule has 28 heavy (non-hydrogen) atoms. The van der Waals surface area contributed by atoms with Crippen molar-refractivity contribution in [3.8, 4) is 0 Å². The molecule has 1 unspecified atom stereocenters. The zero-order valence-electron chi connectivity index (χ0n) is 17.7. The topological polar surface area (TPSA) is 23.6 Å². The average Bonchev–Trinajstić information content (AvgIpc) is 2.74. The minimum absolute atomic E-state index is 0.168. The van der Waals surface area contributed by atoms with Gasteiger partial charge in [0.05, 0.1) is 0 Å². The van der Waals surface area contributed by atoms with E-state index < -0.39 is 0 Å². The van der Waals surface area contributed by atoms with E-state index in [1.807, 2.05) is 12.1 Å². The first-order valence-electron chi connectivity index (χ1n) is 11.3. The monoisotopic (exact) mass is 388 g/mol. The molecule has 1 aliphatic heterocycles. The van der Waals surface area contributed by atoms with E-state index in [-0.39, 0.29) is 5.82 Å². The summed E-state index contributed by atoms with van der Waals surface area (Å²) < 4.78 is 13.1. The van der Waals surface area contributed by atoms with Gasteiger partial charge < -0.3 is 9.80 Å². The van der Waals surface area contributed by atoms with Crippen molar-refractivity contribution in [3.63, 3.8) is 0 Å². The average molecular weight is 389 g/mol. The second kappa shape index (κ2) is 10.4. The lowest BCUT2D eigenvalue weighted by atomic mass is 9.87. The van der Waals surface area contributed by atoms with Gasteiger partial charge in [0.15, 0.2) is 0 Å². The Bertz CT molecular complexity index is 604. The molecule has 1 heterocycles. The van der Waals surface area contributed by atoms with Crippen LogP contribution in [0.2, 0.25) is 0 Å². The van der Waals surface area contributed by atoms with Gasteiger partial charge in [-0.1, -0.05) is 38.3 Å². The highest BCUT2D eigenvalue weighted by Crippen LogP contribution is 2.28. The molecule has 0 bridgehead atoms. The summed E-state index contributed by atoms with van der Waals surface area (Å²) in [5.41, 5.74) is 1.19. The van der Waals surface area contributed by atoms with E-state index in [0.717, 1.165) is 58.3 Å². The molecule has 1 atom stereocenters. The van der Waals surface area contributed by atoms with Crippen molar-refractivity contribution in [3.05, 3.63) is 35.6 Å². The van der Waals surface area contributed by atoms with Gasteiger partial charge in [-0.3, -0.25) is 4.79 Å². The van der Waals surface area contributed by atoms with Crippen molar-refractivity contribution in [2.75, 3.05) is 26.2 Å². The van der Waals surface area contributed by atoms with Gasteiger partial charge in [-0.15, -0.1) is 0 Å². The summed E-state index contributed by atoms with van der Waals surface area (Å²) in [6, 6.07) is 7.34. The zero-order valence-corrected chi connectivity index (χ0v) is 17.7. The number of benzene rings is 1. The van der Waals surface area contributed by atoms with Crippen LogP contribution in [0.1, 0.15) is 64.4 Å². The first-order valence-corrected chi connectivity index (χ1v) is 11.3. The highest BCUT2D eigenvalue weighted by molar-refractivity contribution is 5.79. The Hall–Kier alpha value is -1.42. The summed E-state index contributed by atoms with van der Waals surface area (Å²) in [6.07, 6.45) is 9.15. The van der Waals surface area contributed by atoms with Crippen molar-refractivity contribution in [1.82, 2.24) is 9.80 Å². The molecule has 4 heteroatoms. The molecule has 0 spiro atoms. The molecule has 1 amide bonds. The fourth-order valence-electron chi connectivity index (χ4n) is 4.99. The number of piperidine rings is 1. The van der Waals surface area contributed by atoms with Crippen LogP contribution >= 0.6 is 0 Å². The standard InChI is InChI=1S/C24H37FN2O/c1-3-26(19(2)17-20-9-11-23(25)12-10-20)18-21-13-15-27(16-14-21)24(28)22-7-5-4-6-8-22/h9-12,19,21-22H,3-8,13-18H2,1-2H3. The highest BCUT2D eigenvalue weighted by Gasteiger charge is 2.30. The van der Waals surface area contributed by atoms with Gasteiger partial charge in [0, 0.05) is 31.6 Å². The van der Waals surface area contributed by atoms with Crippen LogP contribution in [0.5, 0.6) is 0 Å². The second-order valence-electron chi connectivity index (χ2n) is 8.87. The molecular weight excluding hydrogens is 351 g/mol. The minimum atomic E-state index is -0.168. The number of hydrogen-bond acceptors (Lipinski definition) is 2. The number of rotatable bonds is 7. The largest absolute Gasteiger partial charge is 0.342 e. The molecule has 2 fully saturated rings. The maximum Gasteiger partial charge on any atom is 0.225 e. The molecule has 1 aromatic rings. The number of amides is 1. The van der Waals surface area contributed by atoms with Crippen LogP contribution in [-0.2, 0) is 11.2 Å². The molecule has 0 radical (unpaired) electrons. The summed E-state index contributed by atoms with van der Waals surface area (Å²) in [7, 11) is 0. The molecule has 1 saturated heterocycles. The lowest BCUT2D eigenvalue weighted by Crippen LogP contribution is -2.45. The van der Waals surface area contributed by atoms with E-state index in [9.17, 15) is 9.18 Å². The van der Waals surface area contributed by atoms with E-state index in [2.05, 4.69) is 23.6 Å². The van der Waals surface area contributed by atoms with Crippen LogP contribution in [0.3, 0.4) is 0 Å². The van der Waals surface area contributed by atoms with E-state index in [1.165, 1.54) is 24.8 Å². The van der Waals surface area contributed by atoms with Crippen LogP contribution in [0.15, 0.2) is 24.3 Å². The SMILES string of the molecule is CCN(CC1CCN(C(=O)C2CCCCC2)CC1)C(C)Cc1ccc(F)cc1. The Morgan fingerprint density at radius 3 is 2.36 bits per heavy atom. The first kappa shape index (κ1) is 21.3. The molecule has 3 rings (SSSR count). The smallest absolute Gasteiger partial charge is 0.225 e. The molecule has 0 aromatic heterocycles. The van der Waals surface area contributed by atoms with Crippen molar-refractivity contribution in [1.29, 1.82) is 0 Å². The first-order chi connectivity index (χ1) is 13.6. The predicted octanol–water partition coefficient (Wildman–Crippen LogP) is 4.90. The Morgan fingerprint density at radius 2 is 1.75 bits per heavy atom. The predicted molar refractivity (Wildman–Crippen MR) is 113 cm³/mol. The third-order valence-electron chi connectivity index (χ3n) is 6.85. The van der Waals surface area contributed by atoms with Gasteiger partial charge in [0.2, 0.25) is 5.91 Å². The third-order valence-corrected chi connectivity index (χ3v) is 6.85. The normalized spacial score (nSPS) is 20.5. The van der Waals surface area contributed by atoms with Crippen molar-refractivity contribution < 1.29 is 9.18 Å². The molecule has 3 nitrogen and oxygen atoms in total. The summed E-state index contributed by atoms with van der Waals surface area (Å²) in [5, 5.41) is 0. The summed E-state index contributed by atoms with van der Waals surface area (Å²) >= 11 is 0. The maximum absolute atomic E-state index is 13.1. The number of hydrogen-bond donors (Lipinski definition) is 0. The van der Waals surface area contributed by atoms with Crippen molar-refractivity contribution >= 4 is 5.91 Å². The number of nitrogens with zero attached hydrogens (tertiary/aromatic N) is 2. The summed E-state index contributed by atoms with van der Waals surface area (Å²) in [5.74, 6) is 1.23. The van der Waals surface area contributed by atoms with Crippen molar-refractivity contribution in [2.24, 2.45) is 11.8 Å². The van der Waals surface area contributed by atoms with Gasteiger partial charge in [-0.05, 0) is 69.2 Å². The number of halogens is 1. The number of carbonyl (C=O) groups is 1. The fourth-order valence-corrected chi connectivity index (χ4v) is 4.99. The number of carbonyl (C=O) groups excluding carboxylic acids is 1. The quantitative estimate of drug-likeness (QED) is 0.663. The molecule has 1 saturated carbocycles. The maximum atomic E-state index is 13.1. The van der Waals surface area contributed by atoms with E-state index in [1.54, 1.807) is 12.1 Å². The zero-order chi connectivity index (χ0) is 19.9. The Kier molecular flexibility index (Phi) is 7.90. The minimum Gasteiger partial charge on any atom is -0.342 e. The van der Waals surface area contributed by atoms with Crippen molar-refractivity contribution in [2.45, 2.75) is 71.3 Å². The Balaban J connectivity index is 1.45. The molecule has 1 aliphatic carbocycles. The van der Waals surface area contributed by atoms with Crippen LogP contribution < -0.4 is 0 Å². The van der Waals surface area contributed by atoms with Gasteiger partial charge in [0.1, 0.15) is 5.82 Å². The fraction of sp³-hybridized carbons (Fsp3) is 0.708. The second-order valence-corrected chi connectivity index (χ2v) is 8.87. The lowest BCUT2D eigenvalue weighted by Gasteiger charge is -2.38. The molecule has 1 aromatic carbocycles. The van der Waals surface area contributed by atoms with Gasteiger partial charge in [-0.25, -0.2) is 4.39 Å².